The first-order chi connectivity index (χ1) is 7.69. The van der Waals surface area contributed by atoms with E-state index >= 15 is 0 Å². The fraction of sp³-hybridized carbons (Fsp3) is 0.308. The van der Waals surface area contributed by atoms with Gasteiger partial charge >= 0.3 is 0 Å². The van der Waals surface area contributed by atoms with E-state index in [1.165, 1.54) is 11.1 Å². The molecule has 1 aromatic heterocycles. The number of aryl methyl sites for hydroxylation is 2. The number of hydrogen-bond donors (Lipinski definition) is 1. The zero-order valence-electron chi connectivity index (χ0n) is 9.77. The van der Waals surface area contributed by atoms with Gasteiger partial charge in [0.15, 0.2) is 0 Å². The maximum absolute atomic E-state index is 5.69. The first kappa shape index (κ1) is 10.9. The van der Waals surface area contributed by atoms with Gasteiger partial charge in [0.25, 0.3) is 0 Å². The predicted octanol–water partition coefficient (Wildman–Crippen LogP) is 2.01. The van der Waals surface area contributed by atoms with Crippen LogP contribution < -0.4 is 5.73 Å². The van der Waals surface area contributed by atoms with Gasteiger partial charge in [-0.15, -0.1) is 0 Å². The summed E-state index contributed by atoms with van der Waals surface area (Å²) in [5.41, 5.74) is 10.3. The molecule has 2 aromatic rings. The smallest absolute Gasteiger partial charge is 0.0663 e. The number of nitrogens with two attached hydrogens (primary N) is 1. The average molecular weight is 215 g/mol. The first-order valence-corrected chi connectivity index (χ1v) is 5.48. The zero-order valence-corrected chi connectivity index (χ0v) is 9.77. The number of rotatable bonds is 3. The maximum atomic E-state index is 5.69. The summed E-state index contributed by atoms with van der Waals surface area (Å²) in [4.78, 5) is 0. The summed E-state index contributed by atoms with van der Waals surface area (Å²) in [7, 11) is 0. The summed E-state index contributed by atoms with van der Waals surface area (Å²) in [6.45, 7) is 5.42. The van der Waals surface area contributed by atoms with Crippen molar-refractivity contribution < 1.29 is 0 Å². The van der Waals surface area contributed by atoms with Crippen molar-refractivity contribution in [2.75, 3.05) is 0 Å². The third-order valence-electron chi connectivity index (χ3n) is 2.61. The highest BCUT2D eigenvalue weighted by Crippen LogP contribution is 2.09. The molecule has 1 aromatic carbocycles. The van der Waals surface area contributed by atoms with Crippen molar-refractivity contribution in [1.82, 2.24) is 9.78 Å². The van der Waals surface area contributed by atoms with E-state index in [-0.39, 0.29) is 0 Å². The molecule has 0 aliphatic heterocycles. The third-order valence-corrected chi connectivity index (χ3v) is 2.61. The molecule has 16 heavy (non-hydrogen) atoms. The molecule has 0 saturated carbocycles. The van der Waals surface area contributed by atoms with Gasteiger partial charge in [-0.3, -0.25) is 4.68 Å². The second kappa shape index (κ2) is 4.49. The highest BCUT2D eigenvalue weighted by atomic mass is 15.3. The van der Waals surface area contributed by atoms with Gasteiger partial charge in [0.05, 0.1) is 17.9 Å². The number of nitrogens with zero attached hydrogens (tertiary/aromatic N) is 2. The molecule has 0 aliphatic carbocycles. The normalized spacial score (nSPS) is 10.7. The van der Waals surface area contributed by atoms with E-state index in [2.05, 4.69) is 36.3 Å². The van der Waals surface area contributed by atoms with Crippen molar-refractivity contribution >= 4 is 0 Å². The van der Waals surface area contributed by atoms with Gasteiger partial charge in [0, 0.05) is 6.54 Å². The van der Waals surface area contributed by atoms with Gasteiger partial charge in [-0.05, 0) is 25.5 Å². The van der Waals surface area contributed by atoms with E-state index in [4.69, 9.17) is 5.73 Å². The van der Waals surface area contributed by atoms with E-state index in [0.717, 1.165) is 17.9 Å². The van der Waals surface area contributed by atoms with Crippen LogP contribution in [0.1, 0.15) is 22.5 Å². The lowest BCUT2D eigenvalue weighted by molar-refractivity contribution is 0.640. The monoisotopic (exact) mass is 215 g/mol. The molecule has 2 N–H and O–H groups in total. The Hall–Kier alpha value is -1.61. The van der Waals surface area contributed by atoms with Gasteiger partial charge in [0.1, 0.15) is 0 Å². The number of aromatic nitrogens is 2. The van der Waals surface area contributed by atoms with Crippen molar-refractivity contribution in [3.63, 3.8) is 0 Å². The first-order valence-electron chi connectivity index (χ1n) is 5.48. The van der Waals surface area contributed by atoms with Gasteiger partial charge in [0.2, 0.25) is 0 Å². The number of hydrogen-bond acceptors (Lipinski definition) is 2. The molecule has 1 heterocycles. The Bertz CT molecular complexity index is 486. The average Bonchev–Trinajstić information content (AvgIpc) is 2.59. The Morgan fingerprint density at radius 1 is 1.25 bits per heavy atom. The molecule has 0 aliphatic rings. The predicted molar refractivity (Wildman–Crippen MR) is 65.1 cm³/mol. The highest BCUT2D eigenvalue weighted by molar-refractivity contribution is 5.23. The van der Waals surface area contributed by atoms with Crippen LogP contribution in [-0.4, -0.2) is 9.78 Å². The van der Waals surface area contributed by atoms with Crippen LogP contribution >= 0.6 is 0 Å². The van der Waals surface area contributed by atoms with E-state index < -0.39 is 0 Å². The molecule has 0 atom stereocenters. The summed E-state index contributed by atoms with van der Waals surface area (Å²) < 4.78 is 1.98. The summed E-state index contributed by atoms with van der Waals surface area (Å²) >= 11 is 0. The van der Waals surface area contributed by atoms with Crippen molar-refractivity contribution in [3.05, 3.63) is 52.8 Å². The van der Waals surface area contributed by atoms with E-state index in [9.17, 15) is 0 Å². The Morgan fingerprint density at radius 2 is 2.06 bits per heavy atom. The van der Waals surface area contributed by atoms with Crippen LogP contribution in [-0.2, 0) is 13.1 Å². The molecule has 2 rings (SSSR count). The lowest BCUT2D eigenvalue weighted by Crippen LogP contribution is -2.09. The van der Waals surface area contributed by atoms with E-state index in [0.29, 0.717) is 6.54 Å². The van der Waals surface area contributed by atoms with Crippen LogP contribution in [0.5, 0.6) is 0 Å². The van der Waals surface area contributed by atoms with Crippen LogP contribution in [0.15, 0.2) is 30.3 Å². The zero-order chi connectivity index (χ0) is 11.5. The lowest BCUT2D eigenvalue weighted by Gasteiger charge is -2.06. The quantitative estimate of drug-likeness (QED) is 0.851. The second-order valence-electron chi connectivity index (χ2n) is 4.13. The summed E-state index contributed by atoms with van der Waals surface area (Å²) in [5.74, 6) is 0. The standard InChI is InChI=1S/C13H17N3/c1-10-4-3-5-12(6-10)9-16-13(8-14)7-11(2)15-16/h3-7H,8-9,14H2,1-2H3. The molecule has 0 spiro atoms. The Kier molecular flexibility index (Phi) is 3.06. The minimum absolute atomic E-state index is 0.534. The largest absolute Gasteiger partial charge is 0.325 e. The van der Waals surface area contributed by atoms with Crippen molar-refractivity contribution in [2.45, 2.75) is 26.9 Å². The molecule has 0 radical (unpaired) electrons. The Balaban J connectivity index is 2.26. The van der Waals surface area contributed by atoms with Gasteiger partial charge in [-0.2, -0.15) is 5.10 Å². The van der Waals surface area contributed by atoms with E-state index in [1.807, 2.05) is 17.7 Å². The molecular weight excluding hydrogens is 198 g/mol. The summed E-state index contributed by atoms with van der Waals surface area (Å²) in [6.07, 6.45) is 0. The van der Waals surface area contributed by atoms with Gasteiger partial charge < -0.3 is 5.73 Å². The van der Waals surface area contributed by atoms with Crippen LogP contribution in [0.25, 0.3) is 0 Å². The van der Waals surface area contributed by atoms with Crippen molar-refractivity contribution in [1.29, 1.82) is 0 Å². The number of benzene rings is 1. The highest BCUT2D eigenvalue weighted by Gasteiger charge is 2.04. The molecule has 3 heteroatoms. The lowest BCUT2D eigenvalue weighted by atomic mass is 10.1. The third kappa shape index (κ3) is 2.31. The van der Waals surface area contributed by atoms with Crippen LogP contribution in [0.3, 0.4) is 0 Å². The van der Waals surface area contributed by atoms with E-state index in [1.54, 1.807) is 0 Å². The van der Waals surface area contributed by atoms with Gasteiger partial charge in [-0.25, -0.2) is 0 Å². The maximum Gasteiger partial charge on any atom is 0.0663 e. The molecule has 0 amide bonds. The topological polar surface area (TPSA) is 43.8 Å². The van der Waals surface area contributed by atoms with Crippen LogP contribution in [0.4, 0.5) is 0 Å². The molecule has 0 bridgehead atoms. The minimum Gasteiger partial charge on any atom is -0.325 e. The Morgan fingerprint density at radius 3 is 2.75 bits per heavy atom. The fourth-order valence-electron chi connectivity index (χ4n) is 1.88. The van der Waals surface area contributed by atoms with Gasteiger partial charge in [-0.1, -0.05) is 29.8 Å². The van der Waals surface area contributed by atoms with Crippen LogP contribution in [0, 0.1) is 13.8 Å². The molecule has 0 saturated heterocycles. The van der Waals surface area contributed by atoms with Crippen molar-refractivity contribution in [2.24, 2.45) is 5.73 Å². The SMILES string of the molecule is Cc1cccc(Cn2nc(C)cc2CN)c1. The molecule has 84 valence electrons. The second-order valence-corrected chi connectivity index (χ2v) is 4.13. The molecule has 0 fully saturated rings. The summed E-state index contributed by atoms with van der Waals surface area (Å²) in [5, 5.41) is 4.44. The molecule has 0 unspecified atom stereocenters. The fourth-order valence-corrected chi connectivity index (χ4v) is 1.88. The minimum atomic E-state index is 0.534. The van der Waals surface area contributed by atoms with Crippen LogP contribution in [0.2, 0.25) is 0 Å². The molecule has 3 nitrogen and oxygen atoms in total. The molecular formula is C13H17N3. The van der Waals surface area contributed by atoms with Crippen molar-refractivity contribution in [3.8, 4) is 0 Å². The Labute approximate surface area is 95.9 Å². The summed E-state index contributed by atoms with van der Waals surface area (Å²) in [6, 6.07) is 10.5.